The van der Waals surface area contributed by atoms with E-state index in [1.54, 1.807) is 13.8 Å². The van der Waals surface area contributed by atoms with Gasteiger partial charge >= 0.3 is 0 Å². The third kappa shape index (κ3) is 3.18. The lowest BCUT2D eigenvalue weighted by Crippen LogP contribution is -2.30. The van der Waals surface area contributed by atoms with E-state index in [4.69, 9.17) is 5.73 Å². The molecule has 3 N–H and O–H groups in total. The number of rotatable bonds is 4. The summed E-state index contributed by atoms with van der Waals surface area (Å²) in [5.41, 5.74) is 5.58. The molecule has 0 spiro atoms. The molecule has 1 aromatic heterocycles. The summed E-state index contributed by atoms with van der Waals surface area (Å²) in [5, 5.41) is 6.24. The summed E-state index contributed by atoms with van der Waals surface area (Å²) in [6.07, 6.45) is -1.31. The summed E-state index contributed by atoms with van der Waals surface area (Å²) < 4.78 is 25.1. The maximum absolute atomic E-state index is 12.1. The fourth-order valence-corrected chi connectivity index (χ4v) is 1.19. The molecule has 0 aromatic carbocycles. The third-order valence-electron chi connectivity index (χ3n) is 1.78. The van der Waals surface area contributed by atoms with Crippen LogP contribution in [0.2, 0.25) is 0 Å². The molecular formula is C9H14F2N4O. The van der Waals surface area contributed by atoms with Crippen LogP contribution in [0.3, 0.4) is 0 Å². The number of carbonyl (C=O) groups excluding carboxylic acids is 1. The Labute approximate surface area is 91.6 Å². The SMILES string of the molecule is CC(C)NC(=O)c1cn(CC(F)F)nc1N. The molecule has 90 valence electrons. The number of nitrogens with one attached hydrogen (secondary N) is 1. The Bertz CT molecular complexity index is 376. The number of anilines is 1. The highest BCUT2D eigenvalue weighted by molar-refractivity contribution is 5.98. The number of hydrogen-bond donors (Lipinski definition) is 2. The highest BCUT2D eigenvalue weighted by Crippen LogP contribution is 2.10. The molecule has 0 aliphatic rings. The van der Waals surface area contributed by atoms with E-state index in [0.717, 1.165) is 4.68 Å². The van der Waals surface area contributed by atoms with Crippen molar-refractivity contribution < 1.29 is 13.6 Å². The summed E-state index contributed by atoms with van der Waals surface area (Å²) in [5.74, 6) is -0.452. The Morgan fingerprint density at radius 1 is 1.62 bits per heavy atom. The summed E-state index contributed by atoms with van der Waals surface area (Å²) in [4.78, 5) is 11.5. The molecule has 0 atom stereocenters. The zero-order chi connectivity index (χ0) is 12.3. The van der Waals surface area contributed by atoms with Crippen LogP contribution in [-0.4, -0.2) is 28.2 Å². The Kier molecular flexibility index (Phi) is 3.81. The van der Waals surface area contributed by atoms with Crippen molar-refractivity contribution in [1.82, 2.24) is 15.1 Å². The van der Waals surface area contributed by atoms with Crippen molar-refractivity contribution in [3.63, 3.8) is 0 Å². The molecule has 16 heavy (non-hydrogen) atoms. The zero-order valence-corrected chi connectivity index (χ0v) is 9.08. The molecule has 0 fully saturated rings. The average Bonchev–Trinajstić information content (AvgIpc) is 2.44. The fourth-order valence-electron chi connectivity index (χ4n) is 1.19. The van der Waals surface area contributed by atoms with E-state index in [1.807, 2.05) is 0 Å². The maximum Gasteiger partial charge on any atom is 0.257 e. The number of nitrogens with two attached hydrogens (primary N) is 1. The molecule has 1 heterocycles. The highest BCUT2D eigenvalue weighted by Gasteiger charge is 2.16. The van der Waals surface area contributed by atoms with Gasteiger partial charge in [0, 0.05) is 12.2 Å². The van der Waals surface area contributed by atoms with E-state index in [9.17, 15) is 13.6 Å². The average molecular weight is 232 g/mol. The van der Waals surface area contributed by atoms with Crippen molar-refractivity contribution in [2.45, 2.75) is 32.9 Å². The first-order valence-electron chi connectivity index (χ1n) is 4.82. The van der Waals surface area contributed by atoms with E-state index < -0.39 is 18.9 Å². The molecule has 1 amide bonds. The van der Waals surface area contributed by atoms with Gasteiger partial charge in [-0.2, -0.15) is 5.10 Å². The van der Waals surface area contributed by atoms with Crippen LogP contribution in [0.5, 0.6) is 0 Å². The van der Waals surface area contributed by atoms with E-state index >= 15 is 0 Å². The predicted molar refractivity (Wildman–Crippen MR) is 55.2 cm³/mol. The van der Waals surface area contributed by atoms with Gasteiger partial charge in [0.25, 0.3) is 12.3 Å². The second-order valence-electron chi connectivity index (χ2n) is 3.67. The highest BCUT2D eigenvalue weighted by atomic mass is 19.3. The van der Waals surface area contributed by atoms with Gasteiger partial charge in [-0.25, -0.2) is 8.78 Å². The number of hydrogen-bond acceptors (Lipinski definition) is 3. The molecular weight excluding hydrogens is 218 g/mol. The van der Waals surface area contributed by atoms with E-state index in [-0.39, 0.29) is 17.4 Å². The van der Waals surface area contributed by atoms with Gasteiger partial charge in [0.15, 0.2) is 5.82 Å². The maximum atomic E-state index is 12.1. The Balaban J connectivity index is 2.81. The molecule has 0 bridgehead atoms. The van der Waals surface area contributed by atoms with Gasteiger partial charge in [-0.15, -0.1) is 0 Å². The van der Waals surface area contributed by atoms with Gasteiger partial charge in [0.1, 0.15) is 12.1 Å². The molecule has 0 saturated carbocycles. The molecule has 0 unspecified atom stereocenters. The smallest absolute Gasteiger partial charge is 0.257 e. The first-order chi connectivity index (χ1) is 7.40. The Morgan fingerprint density at radius 2 is 2.25 bits per heavy atom. The van der Waals surface area contributed by atoms with Crippen molar-refractivity contribution in [2.24, 2.45) is 0 Å². The van der Waals surface area contributed by atoms with Gasteiger partial charge in [-0.05, 0) is 13.8 Å². The van der Waals surface area contributed by atoms with E-state index in [1.165, 1.54) is 6.20 Å². The minimum absolute atomic E-state index is 0.0428. The molecule has 0 aliphatic heterocycles. The van der Waals surface area contributed by atoms with Gasteiger partial charge in [-0.1, -0.05) is 0 Å². The minimum atomic E-state index is -2.53. The van der Waals surface area contributed by atoms with Crippen molar-refractivity contribution in [3.8, 4) is 0 Å². The number of amides is 1. The lowest BCUT2D eigenvalue weighted by molar-refractivity contribution is 0.0942. The lowest BCUT2D eigenvalue weighted by Gasteiger charge is -2.06. The van der Waals surface area contributed by atoms with Gasteiger partial charge in [0.2, 0.25) is 0 Å². The first-order valence-corrected chi connectivity index (χ1v) is 4.82. The summed E-state index contributed by atoms with van der Waals surface area (Å²) >= 11 is 0. The molecule has 0 radical (unpaired) electrons. The summed E-state index contributed by atoms with van der Waals surface area (Å²) in [6, 6.07) is -0.0506. The monoisotopic (exact) mass is 232 g/mol. The normalized spacial score (nSPS) is 11.1. The standard InChI is InChI=1S/C9H14F2N4O/c1-5(2)13-9(16)6-3-15(4-7(10)11)14-8(6)12/h3,5,7H,4H2,1-2H3,(H2,12,14)(H,13,16). The molecule has 1 aromatic rings. The van der Waals surface area contributed by atoms with E-state index in [2.05, 4.69) is 10.4 Å². The Morgan fingerprint density at radius 3 is 2.75 bits per heavy atom. The zero-order valence-electron chi connectivity index (χ0n) is 9.08. The van der Waals surface area contributed by atoms with Crippen LogP contribution in [0.4, 0.5) is 14.6 Å². The summed E-state index contributed by atoms with van der Waals surface area (Å²) in [6.45, 7) is 3.01. The number of carbonyl (C=O) groups is 1. The van der Waals surface area contributed by atoms with Crippen LogP contribution < -0.4 is 11.1 Å². The molecule has 5 nitrogen and oxygen atoms in total. The van der Waals surface area contributed by atoms with Gasteiger partial charge in [-0.3, -0.25) is 9.48 Å². The fraction of sp³-hybridized carbons (Fsp3) is 0.556. The van der Waals surface area contributed by atoms with Crippen molar-refractivity contribution in [3.05, 3.63) is 11.8 Å². The number of halogens is 2. The number of alkyl halides is 2. The van der Waals surface area contributed by atoms with Crippen LogP contribution >= 0.6 is 0 Å². The van der Waals surface area contributed by atoms with Crippen LogP contribution in [0.1, 0.15) is 24.2 Å². The third-order valence-corrected chi connectivity index (χ3v) is 1.78. The molecule has 1 rings (SSSR count). The minimum Gasteiger partial charge on any atom is -0.382 e. The van der Waals surface area contributed by atoms with Gasteiger partial charge < -0.3 is 11.1 Å². The van der Waals surface area contributed by atoms with Crippen molar-refractivity contribution in [1.29, 1.82) is 0 Å². The molecule has 7 heteroatoms. The van der Waals surface area contributed by atoms with Crippen LogP contribution in [0.25, 0.3) is 0 Å². The number of nitrogen functional groups attached to an aromatic ring is 1. The van der Waals surface area contributed by atoms with E-state index in [0.29, 0.717) is 0 Å². The van der Waals surface area contributed by atoms with Crippen molar-refractivity contribution in [2.75, 3.05) is 5.73 Å². The largest absolute Gasteiger partial charge is 0.382 e. The number of nitrogens with zero attached hydrogens (tertiary/aromatic N) is 2. The first kappa shape index (κ1) is 12.4. The Hall–Kier alpha value is -1.66. The van der Waals surface area contributed by atoms with Crippen LogP contribution in [0, 0.1) is 0 Å². The predicted octanol–water partition coefficient (Wildman–Crippen LogP) is 0.869. The van der Waals surface area contributed by atoms with Crippen LogP contribution in [0.15, 0.2) is 6.20 Å². The molecule has 0 saturated heterocycles. The van der Waals surface area contributed by atoms with Crippen LogP contribution in [-0.2, 0) is 6.54 Å². The van der Waals surface area contributed by atoms with Crippen molar-refractivity contribution >= 4 is 11.7 Å². The summed E-state index contributed by atoms with van der Waals surface area (Å²) in [7, 11) is 0. The van der Waals surface area contributed by atoms with Gasteiger partial charge in [0.05, 0.1) is 0 Å². The second-order valence-corrected chi connectivity index (χ2v) is 3.67. The topological polar surface area (TPSA) is 72.9 Å². The molecule has 0 aliphatic carbocycles. The number of aromatic nitrogens is 2. The quantitative estimate of drug-likeness (QED) is 0.809. The second kappa shape index (κ2) is 4.91. The lowest BCUT2D eigenvalue weighted by atomic mass is 10.3.